The summed E-state index contributed by atoms with van der Waals surface area (Å²) >= 11 is 0. The minimum atomic E-state index is -0.0645. The van der Waals surface area contributed by atoms with Gasteiger partial charge in [-0.25, -0.2) is 9.97 Å². The van der Waals surface area contributed by atoms with Crippen molar-refractivity contribution in [3.05, 3.63) is 77.4 Å². The molecule has 1 fully saturated rings. The van der Waals surface area contributed by atoms with Crippen molar-refractivity contribution >= 4 is 5.91 Å². The summed E-state index contributed by atoms with van der Waals surface area (Å²) in [5.41, 5.74) is 4.84. The number of para-hydroxylation sites is 1. The summed E-state index contributed by atoms with van der Waals surface area (Å²) in [5, 5.41) is 0. The molecule has 6 nitrogen and oxygen atoms in total. The predicted octanol–water partition coefficient (Wildman–Crippen LogP) is 4.89. The maximum Gasteiger partial charge on any atom is 0.256 e. The second kappa shape index (κ2) is 10.1. The second-order valence-corrected chi connectivity index (χ2v) is 8.77. The van der Waals surface area contributed by atoms with E-state index in [4.69, 9.17) is 9.72 Å². The third-order valence-electron chi connectivity index (χ3n) is 6.33. The molecule has 1 amide bonds. The van der Waals surface area contributed by atoms with Crippen LogP contribution < -0.4 is 4.74 Å². The summed E-state index contributed by atoms with van der Waals surface area (Å²) in [6.07, 6.45) is 5.01. The zero-order chi connectivity index (χ0) is 23.4. The molecule has 1 aromatic heterocycles. The Kier molecular flexibility index (Phi) is 7.04. The first-order valence-corrected chi connectivity index (χ1v) is 11.5. The highest BCUT2D eigenvalue weighted by Crippen LogP contribution is 2.35. The Labute approximate surface area is 196 Å². The number of nitrogens with zero attached hydrogens (tertiary/aromatic N) is 4. The number of hydrogen-bond acceptors (Lipinski definition) is 5. The molecule has 2 aromatic carbocycles. The lowest BCUT2D eigenvalue weighted by Gasteiger charge is -2.35. The quantitative estimate of drug-likeness (QED) is 0.542. The lowest BCUT2D eigenvalue weighted by atomic mass is 9.96. The highest BCUT2D eigenvalue weighted by Gasteiger charge is 2.28. The van der Waals surface area contributed by atoms with Crippen LogP contribution in [0.3, 0.4) is 0 Å². The zero-order valence-electron chi connectivity index (χ0n) is 19.9. The maximum atomic E-state index is 12.4. The van der Waals surface area contributed by atoms with Gasteiger partial charge in [0.05, 0.1) is 24.4 Å². The van der Waals surface area contributed by atoms with Crippen molar-refractivity contribution in [2.75, 3.05) is 27.7 Å². The van der Waals surface area contributed by atoms with E-state index in [0.717, 1.165) is 55.2 Å². The van der Waals surface area contributed by atoms with Gasteiger partial charge in [0.25, 0.3) is 5.91 Å². The number of ether oxygens (including phenoxy) is 1. The first-order valence-electron chi connectivity index (χ1n) is 11.5. The highest BCUT2D eigenvalue weighted by atomic mass is 16.5. The smallest absolute Gasteiger partial charge is 0.256 e. The fraction of sp³-hybridized carbons (Fsp3) is 0.370. The summed E-state index contributed by atoms with van der Waals surface area (Å²) in [6, 6.07) is 16.8. The first kappa shape index (κ1) is 22.9. The van der Waals surface area contributed by atoms with Crippen LogP contribution in [0.4, 0.5) is 0 Å². The number of carbonyl (C=O) groups excluding carboxylic acids is 1. The van der Waals surface area contributed by atoms with Gasteiger partial charge in [-0.15, -0.1) is 0 Å². The number of aromatic nitrogens is 2. The monoisotopic (exact) mass is 444 g/mol. The predicted molar refractivity (Wildman–Crippen MR) is 130 cm³/mol. The van der Waals surface area contributed by atoms with Gasteiger partial charge >= 0.3 is 0 Å². The number of piperidine rings is 1. The van der Waals surface area contributed by atoms with Crippen molar-refractivity contribution in [1.82, 2.24) is 19.8 Å². The van der Waals surface area contributed by atoms with Crippen LogP contribution in [0, 0.1) is 6.92 Å². The molecule has 1 unspecified atom stereocenters. The summed E-state index contributed by atoms with van der Waals surface area (Å²) in [7, 11) is 5.21. The second-order valence-electron chi connectivity index (χ2n) is 8.77. The number of hydrogen-bond donors (Lipinski definition) is 0. The molecule has 0 aliphatic carbocycles. The van der Waals surface area contributed by atoms with E-state index < -0.39 is 0 Å². The molecule has 0 N–H and O–H groups in total. The highest BCUT2D eigenvalue weighted by molar-refractivity contribution is 5.94. The van der Waals surface area contributed by atoms with Crippen molar-refractivity contribution in [3.63, 3.8) is 0 Å². The van der Waals surface area contributed by atoms with Crippen LogP contribution in [0.1, 0.15) is 52.7 Å². The third kappa shape index (κ3) is 4.91. The fourth-order valence-electron chi connectivity index (χ4n) is 4.58. The molecule has 1 atom stereocenters. The van der Waals surface area contributed by atoms with Crippen molar-refractivity contribution in [2.24, 2.45) is 0 Å². The van der Waals surface area contributed by atoms with E-state index >= 15 is 0 Å². The molecule has 0 spiro atoms. The molecule has 33 heavy (non-hydrogen) atoms. The van der Waals surface area contributed by atoms with Crippen LogP contribution >= 0.6 is 0 Å². The topological polar surface area (TPSA) is 58.6 Å². The van der Waals surface area contributed by atoms with E-state index in [0.29, 0.717) is 5.56 Å². The first-order chi connectivity index (χ1) is 16.0. The van der Waals surface area contributed by atoms with E-state index in [1.807, 2.05) is 25.1 Å². The van der Waals surface area contributed by atoms with Crippen molar-refractivity contribution in [2.45, 2.75) is 38.8 Å². The number of carbonyl (C=O) groups is 1. The van der Waals surface area contributed by atoms with E-state index in [1.165, 1.54) is 11.1 Å². The Bertz CT molecular complexity index is 1130. The Morgan fingerprint density at radius 1 is 1.09 bits per heavy atom. The molecule has 1 aliphatic rings. The molecule has 2 heterocycles. The molecule has 0 radical (unpaired) electrons. The van der Waals surface area contributed by atoms with Gasteiger partial charge in [-0.05, 0) is 43.5 Å². The third-order valence-corrected chi connectivity index (χ3v) is 6.33. The summed E-state index contributed by atoms with van der Waals surface area (Å²) in [4.78, 5) is 25.9. The lowest BCUT2D eigenvalue weighted by Crippen LogP contribution is -2.34. The van der Waals surface area contributed by atoms with E-state index in [2.05, 4.69) is 40.2 Å². The number of benzene rings is 2. The van der Waals surface area contributed by atoms with Crippen LogP contribution in [0.25, 0.3) is 11.1 Å². The number of methoxy groups -OCH3 is 1. The van der Waals surface area contributed by atoms with Gasteiger partial charge in [-0.1, -0.05) is 48.9 Å². The van der Waals surface area contributed by atoms with E-state index in [9.17, 15) is 4.79 Å². The summed E-state index contributed by atoms with van der Waals surface area (Å²) in [5.74, 6) is 1.61. The SMILES string of the molecule is COc1ccccc1-c1ccccc1CN1CCCCC1c1ncc(C(=O)N(C)C)c(C)n1. The molecule has 1 aliphatic heterocycles. The number of likely N-dealkylation sites (tertiary alicyclic amines) is 1. The molecule has 4 rings (SSSR count). The minimum absolute atomic E-state index is 0.0645. The van der Waals surface area contributed by atoms with Gasteiger partial charge in [0.15, 0.2) is 0 Å². The van der Waals surface area contributed by atoms with Gasteiger partial charge in [-0.3, -0.25) is 9.69 Å². The lowest BCUT2D eigenvalue weighted by molar-refractivity contribution is 0.0825. The normalized spacial score (nSPS) is 16.4. The van der Waals surface area contributed by atoms with Crippen LogP contribution in [0.2, 0.25) is 0 Å². The minimum Gasteiger partial charge on any atom is -0.496 e. The average molecular weight is 445 g/mol. The van der Waals surface area contributed by atoms with Gasteiger partial charge in [0.1, 0.15) is 11.6 Å². The van der Waals surface area contributed by atoms with Crippen molar-refractivity contribution in [1.29, 1.82) is 0 Å². The Morgan fingerprint density at radius 3 is 2.55 bits per heavy atom. The molecular weight excluding hydrogens is 412 g/mol. The molecule has 1 saturated heterocycles. The Morgan fingerprint density at radius 2 is 1.82 bits per heavy atom. The largest absolute Gasteiger partial charge is 0.496 e. The molecular formula is C27H32N4O2. The van der Waals surface area contributed by atoms with Crippen molar-refractivity contribution < 1.29 is 9.53 Å². The van der Waals surface area contributed by atoms with Crippen molar-refractivity contribution in [3.8, 4) is 16.9 Å². The fourth-order valence-corrected chi connectivity index (χ4v) is 4.58. The van der Waals surface area contributed by atoms with E-state index in [1.54, 1.807) is 32.3 Å². The molecule has 0 bridgehead atoms. The van der Waals surface area contributed by atoms with Crippen LogP contribution in [-0.2, 0) is 6.54 Å². The zero-order valence-corrected chi connectivity index (χ0v) is 19.9. The molecule has 172 valence electrons. The summed E-state index contributed by atoms with van der Waals surface area (Å²) in [6.45, 7) is 3.69. The maximum absolute atomic E-state index is 12.4. The van der Waals surface area contributed by atoms with Gasteiger partial charge in [0.2, 0.25) is 0 Å². The van der Waals surface area contributed by atoms with Gasteiger partial charge in [-0.2, -0.15) is 0 Å². The standard InChI is InChI=1S/C27H32N4O2/c1-19-23(27(32)30(2)3)17-28-26(29-19)24-14-9-10-16-31(24)18-20-11-5-6-12-21(20)22-13-7-8-15-25(22)33-4/h5-8,11-13,15,17,24H,9-10,14,16,18H2,1-4H3. The van der Waals surface area contributed by atoms with Gasteiger partial charge in [0, 0.05) is 32.4 Å². The number of rotatable bonds is 6. The van der Waals surface area contributed by atoms with Gasteiger partial charge < -0.3 is 9.64 Å². The average Bonchev–Trinajstić information content (AvgIpc) is 2.84. The molecule has 0 saturated carbocycles. The van der Waals surface area contributed by atoms with Crippen LogP contribution in [0.15, 0.2) is 54.7 Å². The van der Waals surface area contributed by atoms with E-state index in [-0.39, 0.29) is 11.9 Å². The number of aryl methyl sites for hydroxylation is 1. The van der Waals surface area contributed by atoms with Crippen LogP contribution in [0.5, 0.6) is 5.75 Å². The Balaban J connectivity index is 1.64. The summed E-state index contributed by atoms with van der Waals surface area (Å²) < 4.78 is 5.63. The number of amides is 1. The molecule has 3 aromatic rings. The van der Waals surface area contributed by atoms with Crippen LogP contribution in [-0.4, -0.2) is 53.4 Å². The molecule has 6 heteroatoms. The Hall–Kier alpha value is -3.25.